The molecule has 2 aromatic carbocycles. The molecule has 1 aromatic heterocycles. The molecule has 0 aliphatic heterocycles. The van der Waals surface area contributed by atoms with E-state index in [9.17, 15) is 4.79 Å². The number of nitrogens with zero attached hydrogens (tertiary/aromatic N) is 1. The summed E-state index contributed by atoms with van der Waals surface area (Å²) < 4.78 is 5.73. The second-order valence-corrected chi connectivity index (χ2v) is 4.39. The van der Waals surface area contributed by atoms with Gasteiger partial charge in [-0.3, -0.25) is 4.98 Å². The molecule has 1 radical (unpaired) electrons. The average molecular weight is 437 g/mol. The van der Waals surface area contributed by atoms with Crippen molar-refractivity contribution in [3.8, 4) is 23.8 Å². The zero-order valence-electron chi connectivity index (χ0n) is 11.3. The Labute approximate surface area is 158 Å². The summed E-state index contributed by atoms with van der Waals surface area (Å²) in [4.78, 5) is 15.6. The van der Waals surface area contributed by atoms with Crippen molar-refractivity contribution in [1.82, 2.24) is 4.98 Å². The maximum atomic E-state index is 11.3. The molecule has 0 spiro atoms. The number of benzene rings is 2. The van der Waals surface area contributed by atoms with E-state index in [4.69, 9.17) is 11.2 Å². The van der Waals surface area contributed by atoms with Crippen molar-refractivity contribution in [3.05, 3.63) is 65.9 Å². The van der Waals surface area contributed by atoms with Crippen LogP contribution in [0.4, 0.5) is 0 Å². The number of pyridine rings is 1. The Kier molecular flexibility index (Phi) is 5.57. The van der Waals surface area contributed by atoms with Crippen molar-refractivity contribution in [3.63, 3.8) is 0 Å². The fourth-order valence-corrected chi connectivity index (χ4v) is 2.08. The number of fused-ring (bicyclic) bond motifs is 1. The Hall–Kier alpha value is -1.86. The van der Waals surface area contributed by atoms with Crippen LogP contribution in [-0.2, 0) is 4.79 Å². The van der Waals surface area contributed by atoms with Crippen LogP contribution < -0.4 is 4.74 Å². The van der Waals surface area contributed by atoms with Crippen molar-refractivity contribution < 1.29 is 47.3 Å². The maximum Gasteiger partial charge on any atom is 0.112 e. The van der Waals surface area contributed by atoms with E-state index >= 15 is 0 Å². The zero-order chi connectivity index (χ0) is 14.7. The predicted octanol–water partition coefficient (Wildman–Crippen LogP) is 3.47. The first-order chi connectivity index (χ1) is 10.3. The van der Waals surface area contributed by atoms with E-state index in [1.165, 1.54) is 6.20 Å². The van der Waals surface area contributed by atoms with Gasteiger partial charge in [-0.05, 0) is 24.3 Å². The van der Waals surface area contributed by atoms with Gasteiger partial charge in [0.15, 0.2) is 0 Å². The Bertz CT molecular complexity index is 868. The van der Waals surface area contributed by atoms with Gasteiger partial charge < -0.3 is 9.53 Å². The Balaban J connectivity index is 0.00000176. The van der Waals surface area contributed by atoms with Crippen molar-refractivity contribution >= 4 is 17.2 Å². The zero-order valence-corrected chi connectivity index (χ0v) is 13.3. The third kappa shape index (κ3) is 3.31. The van der Waals surface area contributed by atoms with Gasteiger partial charge in [-0.2, -0.15) is 0 Å². The van der Waals surface area contributed by atoms with Crippen LogP contribution >= 0.6 is 0 Å². The number of hydrogen-bond acceptors (Lipinski definition) is 3. The Morgan fingerprint density at radius 3 is 2.73 bits per heavy atom. The third-order valence-corrected chi connectivity index (χ3v) is 3.07. The fraction of sp³-hybridized carbons (Fsp3) is 0. The van der Waals surface area contributed by atoms with E-state index < -0.39 is 0 Å². The van der Waals surface area contributed by atoms with Crippen LogP contribution in [0.25, 0.3) is 10.9 Å². The predicted molar refractivity (Wildman–Crippen MR) is 81.0 cm³/mol. The summed E-state index contributed by atoms with van der Waals surface area (Å²) >= 11 is 0. The van der Waals surface area contributed by atoms with E-state index in [1.807, 2.05) is 30.6 Å². The summed E-state index contributed by atoms with van der Waals surface area (Å²) in [5, 5.41) is 0.707. The number of aromatic nitrogens is 1. The molecule has 3 aromatic rings. The molecule has 0 saturated heterocycles. The molecular weight excluding hydrogens is 427 g/mol. The van der Waals surface area contributed by atoms with E-state index in [2.05, 4.69) is 10.9 Å². The summed E-state index contributed by atoms with van der Waals surface area (Å²) in [6.07, 6.45) is 8.81. The summed E-state index contributed by atoms with van der Waals surface area (Å²) in [5.74, 6) is 3.45. The average Bonchev–Trinajstić information content (AvgIpc) is 2.55. The molecule has 4 heteroatoms. The van der Waals surface area contributed by atoms with Gasteiger partial charge in [0.05, 0.1) is 6.29 Å². The quantitative estimate of drug-likeness (QED) is 0.358. The van der Waals surface area contributed by atoms with E-state index in [1.54, 1.807) is 24.3 Å². The second kappa shape index (κ2) is 7.42. The smallest absolute Gasteiger partial charge is 0.112 e. The largest absolute Gasteiger partial charge is 0.514 e. The normalized spacial score (nSPS) is 9.59. The molecule has 0 N–H and O–H groups in total. The van der Waals surface area contributed by atoms with Gasteiger partial charge in [-0.25, -0.2) is 0 Å². The van der Waals surface area contributed by atoms with Crippen LogP contribution in [0, 0.1) is 50.1 Å². The van der Waals surface area contributed by atoms with Crippen LogP contribution in [-0.4, -0.2) is 11.3 Å². The van der Waals surface area contributed by atoms with E-state index in [0.717, 1.165) is 5.52 Å². The molecule has 0 bridgehead atoms. The topological polar surface area (TPSA) is 39.2 Å². The Morgan fingerprint density at radius 2 is 1.95 bits per heavy atom. The molecule has 111 valence electrons. The SMILES string of the molecule is C#Cc1cccc(Oc2cnc3ccccc3c2[C-]=O)c1.[Ho]. The summed E-state index contributed by atoms with van der Waals surface area (Å²) in [6, 6.07) is 14.4. The maximum absolute atomic E-state index is 11.3. The molecule has 0 atom stereocenters. The van der Waals surface area contributed by atoms with Gasteiger partial charge >= 0.3 is 0 Å². The van der Waals surface area contributed by atoms with Crippen LogP contribution in [0.3, 0.4) is 0 Å². The molecule has 3 nitrogen and oxygen atoms in total. The van der Waals surface area contributed by atoms with Gasteiger partial charge in [0.1, 0.15) is 5.75 Å². The number of terminal acetylenes is 1. The molecule has 0 saturated carbocycles. The standard InChI is InChI=1S/C18H10NO2.Ho/c1-2-13-6-5-7-14(10-13)21-18-11-19-17-9-4-3-8-15(17)16(18)12-20;/h1,3-11H;/q-1;. The van der Waals surface area contributed by atoms with Crippen molar-refractivity contribution in [2.24, 2.45) is 0 Å². The summed E-state index contributed by atoms with van der Waals surface area (Å²) in [5.41, 5.74) is 1.78. The first-order valence-corrected chi connectivity index (χ1v) is 6.32. The van der Waals surface area contributed by atoms with Crippen molar-refractivity contribution in [2.75, 3.05) is 0 Å². The second-order valence-electron chi connectivity index (χ2n) is 4.39. The van der Waals surface area contributed by atoms with Crippen LogP contribution in [0.15, 0.2) is 54.7 Å². The van der Waals surface area contributed by atoms with Gasteiger partial charge in [0.2, 0.25) is 0 Å². The molecule has 22 heavy (non-hydrogen) atoms. The van der Waals surface area contributed by atoms with Gasteiger partial charge in [-0.15, -0.1) is 12.5 Å². The summed E-state index contributed by atoms with van der Waals surface area (Å²) in [6.45, 7) is 0. The third-order valence-electron chi connectivity index (χ3n) is 3.07. The molecule has 0 fully saturated rings. The number of hydrogen-bond donors (Lipinski definition) is 0. The Morgan fingerprint density at radius 1 is 1.14 bits per heavy atom. The molecule has 1 heterocycles. The van der Waals surface area contributed by atoms with Crippen molar-refractivity contribution in [2.45, 2.75) is 0 Å². The van der Waals surface area contributed by atoms with Crippen LogP contribution in [0.2, 0.25) is 0 Å². The number of para-hydroxylation sites is 1. The molecule has 0 aliphatic rings. The first kappa shape index (κ1) is 16.5. The molecule has 0 aliphatic carbocycles. The fourth-order valence-electron chi connectivity index (χ4n) is 2.08. The number of carbonyl (C=O) groups excluding carboxylic acids is 1. The molecule has 3 rings (SSSR count). The van der Waals surface area contributed by atoms with Gasteiger partial charge in [0.25, 0.3) is 0 Å². The number of rotatable bonds is 3. The monoisotopic (exact) mass is 437 g/mol. The van der Waals surface area contributed by atoms with E-state index in [0.29, 0.717) is 28.0 Å². The van der Waals surface area contributed by atoms with E-state index in [-0.39, 0.29) is 37.7 Å². The van der Waals surface area contributed by atoms with Crippen LogP contribution in [0.1, 0.15) is 11.1 Å². The molecule has 0 amide bonds. The molecule has 0 unspecified atom stereocenters. The van der Waals surface area contributed by atoms with Gasteiger partial charge in [-0.1, -0.05) is 35.1 Å². The minimum Gasteiger partial charge on any atom is -0.514 e. The number of ether oxygens (including phenoxy) is 1. The first-order valence-electron chi connectivity index (χ1n) is 6.32. The minimum atomic E-state index is 0. The van der Waals surface area contributed by atoms with Crippen LogP contribution in [0.5, 0.6) is 11.5 Å². The molecular formula is C18H10HoNO2-. The minimum absolute atomic E-state index is 0. The van der Waals surface area contributed by atoms with Gasteiger partial charge in [0, 0.05) is 60.8 Å². The van der Waals surface area contributed by atoms with Crippen molar-refractivity contribution in [1.29, 1.82) is 0 Å². The summed E-state index contributed by atoms with van der Waals surface area (Å²) in [7, 11) is 0.